The summed E-state index contributed by atoms with van der Waals surface area (Å²) in [6, 6.07) is 13.3. The van der Waals surface area contributed by atoms with Gasteiger partial charge < -0.3 is 20.1 Å². The molecule has 1 aliphatic rings. The van der Waals surface area contributed by atoms with Crippen molar-refractivity contribution in [2.24, 2.45) is 0 Å². The SMILES string of the molecule is O=C(Nc1cccc(Cl)c1)c1cncc(C(=O)Nc2ccc3c(c2)OCO3)c1. The van der Waals surface area contributed by atoms with Crippen LogP contribution in [0, 0.1) is 0 Å². The van der Waals surface area contributed by atoms with E-state index in [1.165, 1.54) is 18.5 Å². The number of nitrogens with one attached hydrogen (secondary N) is 2. The predicted molar refractivity (Wildman–Crippen MR) is 104 cm³/mol. The fraction of sp³-hybridized carbons (Fsp3) is 0.0500. The molecule has 2 N–H and O–H groups in total. The van der Waals surface area contributed by atoms with Crippen molar-refractivity contribution in [3.05, 3.63) is 77.1 Å². The van der Waals surface area contributed by atoms with Gasteiger partial charge in [0, 0.05) is 34.9 Å². The largest absolute Gasteiger partial charge is 0.454 e. The Labute approximate surface area is 165 Å². The average molecular weight is 396 g/mol. The number of halogens is 1. The second kappa shape index (κ2) is 7.58. The lowest BCUT2D eigenvalue weighted by atomic mass is 10.1. The van der Waals surface area contributed by atoms with Gasteiger partial charge in [0.1, 0.15) is 0 Å². The third kappa shape index (κ3) is 3.89. The third-order valence-corrected chi connectivity index (χ3v) is 4.21. The summed E-state index contributed by atoms with van der Waals surface area (Å²) in [4.78, 5) is 28.9. The van der Waals surface area contributed by atoms with E-state index in [-0.39, 0.29) is 17.9 Å². The number of ether oxygens (including phenoxy) is 2. The van der Waals surface area contributed by atoms with Crippen molar-refractivity contribution in [2.45, 2.75) is 0 Å². The standard InChI is InChI=1S/C20H14ClN3O4/c21-14-2-1-3-15(7-14)23-19(25)12-6-13(10-22-9-12)20(26)24-16-4-5-17-18(8-16)28-11-27-17/h1-10H,11H2,(H,23,25)(H,24,26). The van der Waals surface area contributed by atoms with E-state index < -0.39 is 11.8 Å². The highest BCUT2D eigenvalue weighted by Gasteiger charge is 2.16. The molecule has 0 unspecified atom stereocenters. The second-order valence-electron chi connectivity index (χ2n) is 5.95. The first-order valence-corrected chi connectivity index (χ1v) is 8.69. The summed E-state index contributed by atoms with van der Waals surface area (Å²) in [5.74, 6) is 0.390. The van der Waals surface area contributed by atoms with Gasteiger partial charge in [-0.25, -0.2) is 0 Å². The van der Waals surface area contributed by atoms with E-state index in [1.807, 2.05) is 0 Å². The number of aromatic nitrogens is 1. The number of amides is 2. The molecule has 0 radical (unpaired) electrons. The molecule has 0 spiro atoms. The number of nitrogens with zero attached hydrogens (tertiary/aromatic N) is 1. The van der Waals surface area contributed by atoms with Crippen LogP contribution in [0.5, 0.6) is 11.5 Å². The quantitative estimate of drug-likeness (QED) is 0.697. The smallest absolute Gasteiger partial charge is 0.257 e. The van der Waals surface area contributed by atoms with Crippen molar-refractivity contribution in [3.63, 3.8) is 0 Å². The Bertz CT molecular complexity index is 1070. The lowest BCUT2D eigenvalue weighted by molar-refractivity contribution is 0.102. The predicted octanol–water partition coefficient (Wildman–Crippen LogP) is 3.97. The fourth-order valence-electron chi connectivity index (χ4n) is 2.64. The van der Waals surface area contributed by atoms with Gasteiger partial charge in [-0.2, -0.15) is 0 Å². The van der Waals surface area contributed by atoms with Crippen molar-refractivity contribution >= 4 is 34.8 Å². The molecule has 8 heteroatoms. The van der Waals surface area contributed by atoms with Crippen LogP contribution in [0.1, 0.15) is 20.7 Å². The molecule has 2 aromatic carbocycles. The first kappa shape index (κ1) is 17.8. The number of anilines is 2. The Kier molecular flexibility index (Phi) is 4.82. The van der Waals surface area contributed by atoms with Gasteiger partial charge >= 0.3 is 0 Å². The van der Waals surface area contributed by atoms with Crippen LogP contribution in [-0.4, -0.2) is 23.6 Å². The molecule has 0 aliphatic carbocycles. The normalized spacial score (nSPS) is 11.8. The van der Waals surface area contributed by atoms with Crippen LogP contribution in [0.4, 0.5) is 11.4 Å². The molecule has 0 fully saturated rings. The Morgan fingerprint density at radius 2 is 1.54 bits per heavy atom. The van der Waals surface area contributed by atoms with Crippen LogP contribution < -0.4 is 20.1 Å². The molecule has 0 saturated carbocycles. The molecule has 1 aromatic heterocycles. The van der Waals surface area contributed by atoms with E-state index in [4.69, 9.17) is 21.1 Å². The van der Waals surface area contributed by atoms with Gasteiger partial charge in [0.05, 0.1) is 11.1 Å². The number of carbonyl (C=O) groups excluding carboxylic acids is 2. The van der Waals surface area contributed by atoms with Gasteiger partial charge in [-0.3, -0.25) is 14.6 Å². The van der Waals surface area contributed by atoms with Crippen molar-refractivity contribution in [1.29, 1.82) is 0 Å². The van der Waals surface area contributed by atoms with Crippen LogP contribution in [-0.2, 0) is 0 Å². The lowest BCUT2D eigenvalue weighted by Crippen LogP contribution is -2.16. The van der Waals surface area contributed by atoms with E-state index in [2.05, 4.69) is 15.6 Å². The molecule has 0 atom stereocenters. The molecule has 0 saturated heterocycles. The zero-order chi connectivity index (χ0) is 19.5. The summed E-state index contributed by atoms with van der Waals surface area (Å²) in [5.41, 5.74) is 1.59. The minimum atomic E-state index is -0.399. The van der Waals surface area contributed by atoms with Gasteiger partial charge in [0.2, 0.25) is 6.79 Å². The summed E-state index contributed by atoms with van der Waals surface area (Å²) in [6.45, 7) is 0.153. The van der Waals surface area contributed by atoms with Crippen molar-refractivity contribution in [1.82, 2.24) is 4.98 Å². The van der Waals surface area contributed by atoms with Crippen LogP contribution in [0.25, 0.3) is 0 Å². The van der Waals surface area contributed by atoms with Crippen molar-refractivity contribution < 1.29 is 19.1 Å². The van der Waals surface area contributed by atoms with E-state index in [0.29, 0.717) is 27.9 Å². The molecular weight excluding hydrogens is 382 g/mol. The maximum Gasteiger partial charge on any atom is 0.257 e. The Hall–Kier alpha value is -3.58. The van der Waals surface area contributed by atoms with E-state index in [1.54, 1.807) is 42.5 Å². The minimum Gasteiger partial charge on any atom is -0.454 e. The summed E-state index contributed by atoms with van der Waals surface area (Å²) >= 11 is 5.92. The van der Waals surface area contributed by atoms with Gasteiger partial charge in [0.15, 0.2) is 11.5 Å². The first-order chi connectivity index (χ1) is 13.6. The topological polar surface area (TPSA) is 89.6 Å². The number of fused-ring (bicyclic) bond motifs is 1. The molecule has 140 valence electrons. The third-order valence-electron chi connectivity index (χ3n) is 3.98. The molecule has 28 heavy (non-hydrogen) atoms. The highest BCUT2D eigenvalue weighted by atomic mass is 35.5. The van der Waals surface area contributed by atoms with Gasteiger partial charge in [-0.15, -0.1) is 0 Å². The second-order valence-corrected chi connectivity index (χ2v) is 6.39. The molecule has 0 bridgehead atoms. The number of benzene rings is 2. The maximum absolute atomic E-state index is 12.5. The van der Waals surface area contributed by atoms with Crippen LogP contribution in [0.15, 0.2) is 60.9 Å². The number of pyridine rings is 1. The number of hydrogen-bond acceptors (Lipinski definition) is 5. The Morgan fingerprint density at radius 3 is 2.25 bits per heavy atom. The molecule has 3 aromatic rings. The summed E-state index contributed by atoms with van der Waals surface area (Å²) in [7, 11) is 0. The summed E-state index contributed by atoms with van der Waals surface area (Å²) in [6.07, 6.45) is 2.77. The zero-order valence-electron chi connectivity index (χ0n) is 14.4. The Morgan fingerprint density at radius 1 is 0.857 bits per heavy atom. The highest BCUT2D eigenvalue weighted by Crippen LogP contribution is 2.34. The van der Waals surface area contributed by atoms with Gasteiger partial charge in [-0.05, 0) is 36.4 Å². The Balaban J connectivity index is 1.48. The average Bonchev–Trinajstić information content (AvgIpc) is 3.16. The lowest BCUT2D eigenvalue weighted by Gasteiger charge is -2.08. The molecule has 7 nitrogen and oxygen atoms in total. The number of carbonyl (C=O) groups is 2. The van der Waals surface area contributed by atoms with E-state index in [9.17, 15) is 9.59 Å². The van der Waals surface area contributed by atoms with Gasteiger partial charge in [0.25, 0.3) is 11.8 Å². The first-order valence-electron chi connectivity index (χ1n) is 8.31. The van der Waals surface area contributed by atoms with Crippen LogP contribution in [0.3, 0.4) is 0 Å². The molecule has 2 heterocycles. The zero-order valence-corrected chi connectivity index (χ0v) is 15.2. The molecule has 4 rings (SSSR count). The van der Waals surface area contributed by atoms with Crippen LogP contribution in [0.2, 0.25) is 5.02 Å². The minimum absolute atomic E-state index is 0.153. The van der Waals surface area contributed by atoms with E-state index in [0.717, 1.165) is 0 Å². The maximum atomic E-state index is 12.5. The summed E-state index contributed by atoms with van der Waals surface area (Å²) in [5, 5.41) is 5.97. The summed E-state index contributed by atoms with van der Waals surface area (Å²) < 4.78 is 10.5. The van der Waals surface area contributed by atoms with E-state index >= 15 is 0 Å². The monoisotopic (exact) mass is 395 g/mol. The molecule has 1 aliphatic heterocycles. The highest BCUT2D eigenvalue weighted by molar-refractivity contribution is 6.31. The molecule has 2 amide bonds. The van der Waals surface area contributed by atoms with Crippen molar-refractivity contribution in [2.75, 3.05) is 17.4 Å². The van der Waals surface area contributed by atoms with Crippen LogP contribution >= 0.6 is 11.6 Å². The number of rotatable bonds is 4. The van der Waals surface area contributed by atoms with Crippen molar-refractivity contribution in [3.8, 4) is 11.5 Å². The molecular formula is C20H14ClN3O4. The van der Waals surface area contributed by atoms with Gasteiger partial charge in [-0.1, -0.05) is 17.7 Å². The fourth-order valence-corrected chi connectivity index (χ4v) is 2.83. The number of hydrogen-bond donors (Lipinski definition) is 2.